The molecule has 0 aliphatic carbocycles. The number of oxazole rings is 1. The van der Waals surface area contributed by atoms with Gasteiger partial charge in [-0.15, -0.1) is 0 Å². The molecule has 2 aromatic rings. The van der Waals surface area contributed by atoms with Crippen molar-refractivity contribution in [2.24, 2.45) is 0 Å². The van der Waals surface area contributed by atoms with E-state index in [0.717, 1.165) is 19.0 Å². The Bertz CT molecular complexity index is 554. The first-order chi connectivity index (χ1) is 9.11. The predicted molar refractivity (Wildman–Crippen MR) is 68.6 cm³/mol. The second-order valence-corrected chi connectivity index (χ2v) is 4.36. The van der Waals surface area contributed by atoms with Gasteiger partial charge in [0.15, 0.2) is 5.76 Å². The van der Waals surface area contributed by atoms with E-state index in [4.69, 9.17) is 4.42 Å². The van der Waals surface area contributed by atoms with E-state index in [1.807, 2.05) is 6.92 Å². The molecular weight excluding hydrogens is 250 g/mol. The summed E-state index contributed by atoms with van der Waals surface area (Å²) in [6, 6.07) is 3.33. The highest BCUT2D eigenvalue weighted by Crippen LogP contribution is 2.25. The minimum Gasteiger partial charge on any atom is -0.439 e. The quantitative estimate of drug-likeness (QED) is 0.897. The smallest absolute Gasteiger partial charge is 0.211 e. The Morgan fingerprint density at radius 3 is 2.84 bits per heavy atom. The summed E-state index contributed by atoms with van der Waals surface area (Å²) in [6.07, 6.45) is 2.46. The van der Waals surface area contributed by atoms with Crippen LogP contribution >= 0.6 is 0 Å². The van der Waals surface area contributed by atoms with Crippen molar-refractivity contribution in [1.82, 2.24) is 10.3 Å². The number of nitrogens with zero attached hydrogens (tertiary/aromatic N) is 1. The molecule has 0 aliphatic rings. The van der Waals surface area contributed by atoms with E-state index in [1.165, 1.54) is 18.3 Å². The molecule has 1 aromatic heterocycles. The van der Waals surface area contributed by atoms with Gasteiger partial charge in [0.05, 0.1) is 17.8 Å². The van der Waals surface area contributed by atoms with Crippen molar-refractivity contribution >= 4 is 0 Å². The Morgan fingerprint density at radius 1 is 1.37 bits per heavy atom. The van der Waals surface area contributed by atoms with Crippen LogP contribution in [0.5, 0.6) is 0 Å². The van der Waals surface area contributed by atoms with Crippen LogP contribution in [0.3, 0.4) is 0 Å². The summed E-state index contributed by atoms with van der Waals surface area (Å²) in [6.45, 7) is 4.84. The summed E-state index contributed by atoms with van der Waals surface area (Å²) >= 11 is 0. The molecule has 3 nitrogen and oxygen atoms in total. The molecule has 1 unspecified atom stereocenters. The van der Waals surface area contributed by atoms with Gasteiger partial charge in [0.2, 0.25) is 5.89 Å². The molecule has 0 bridgehead atoms. The zero-order chi connectivity index (χ0) is 13.8. The molecule has 0 radical (unpaired) electrons. The monoisotopic (exact) mass is 266 g/mol. The third-order valence-corrected chi connectivity index (χ3v) is 2.79. The standard InChI is InChI=1S/C14H16F2N2O/c1-3-6-17-9(2)14-18-8-13(19-14)11-5-4-10(15)7-12(11)16/h4-5,7-9,17H,3,6H2,1-2H3. The SMILES string of the molecule is CCCNC(C)c1ncc(-c2ccc(F)cc2F)o1. The lowest BCUT2D eigenvalue weighted by atomic mass is 10.2. The van der Waals surface area contributed by atoms with Crippen LogP contribution in [0.4, 0.5) is 8.78 Å². The Morgan fingerprint density at radius 2 is 2.16 bits per heavy atom. The number of aromatic nitrogens is 1. The highest BCUT2D eigenvalue weighted by atomic mass is 19.1. The molecule has 0 saturated heterocycles. The largest absolute Gasteiger partial charge is 0.439 e. The molecule has 0 spiro atoms. The van der Waals surface area contributed by atoms with Crippen molar-refractivity contribution in [2.75, 3.05) is 6.54 Å². The van der Waals surface area contributed by atoms with Crippen LogP contribution in [-0.4, -0.2) is 11.5 Å². The van der Waals surface area contributed by atoms with Gasteiger partial charge in [0.25, 0.3) is 0 Å². The third-order valence-electron chi connectivity index (χ3n) is 2.79. The van der Waals surface area contributed by atoms with E-state index >= 15 is 0 Å². The predicted octanol–water partition coefficient (Wildman–Crippen LogP) is 3.68. The topological polar surface area (TPSA) is 38.1 Å². The van der Waals surface area contributed by atoms with E-state index in [2.05, 4.69) is 17.2 Å². The molecule has 102 valence electrons. The number of nitrogens with one attached hydrogen (secondary N) is 1. The molecule has 1 aromatic carbocycles. The zero-order valence-corrected chi connectivity index (χ0v) is 10.9. The molecular formula is C14H16F2N2O. The first-order valence-corrected chi connectivity index (χ1v) is 6.26. The molecule has 0 aliphatic heterocycles. The van der Waals surface area contributed by atoms with Crippen molar-refractivity contribution in [3.8, 4) is 11.3 Å². The number of halogens is 2. The Kier molecular flexibility index (Phi) is 4.27. The van der Waals surface area contributed by atoms with Crippen LogP contribution in [0, 0.1) is 11.6 Å². The molecule has 5 heteroatoms. The molecule has 0 amide bonds. The van der Waals surface area contributed by atoms with Crippen molar-refractivity contribution < 1.29 is 13.2 Å². The summed E-state index contributed by atoms with van der Waals surface area (Å²) in [5, 5.41) is 3.23. The lowest BCUT2D eigenvalue weighted by Gasteiger charge is -2.08. The Balaban J connectivity index is 2.20. The van der Waals surface area contributed by atoms with Gasteiger partial charge in [0.1, 0.15) is 11.6 Å². The van der Waals surface area contributed by atoms with Gasteiger partial charge in [-0.1, -0.05) is 6.92 Å². The normalized spacial score (nSPS) is 12.6. The van der Waals surface area contributed by atoms with Crippen LogP contribution in [0.15, 0.2) is 28.8 Å². The second kappa shape index (κ2) is 5.93. The second-order valence-electron chi connectivity index (χ2n) is 4.36. The maximum Gasteiger partial charge on any atom is 0.211 e. The van der Waals surface area contributed by atoms with Gasteiger partial charge in [-0.25, -0.2) is 13.8 Å². The Labute approximate surface area is 110 Å². The summed E-state index contributed by atoms with van der Waals surface area (Å²) < 4.78 is 32.0. The summed E-state index contributed by atoms with van der Waals surface area (Å²) in [5.41, 5.74) is 0.211. The van der Waals surface area contributed by atoms with Crippen molar-refractivity contribution in [3.05, 3.63) is 41.9 Å². The number of rotatable bonds is 5. The molecule has 1 heterocycles. The highest BCUT2D eigenvalue weighted by molar-refractivity contribution is 5.57. The maximum atomic E-state index is 13.6. The Hall–Kier alpha value is -1.75. The first-order valence-electron chi connectivity index (χ1n) is 6.26. The lowest BCUT2D eigenvalue weighted by Crippen LogP contribution is -2.19. The van der Waals surface area contributed by atoms with E-state index in [0.29, 0.717) is 11.7 Å². The van der Waals surface area contributed by atoms with E-state index in [-0.39, 0.29) is 11.6 Å². The van der Waals surface area contributed by atoms with Crippen LogP contribution in [-0.2, 0) is 0 Å². The molecule has 0 saturated carbocycles. The van der Waals surface area contributed by atoms with Gasteiger partial charge in [-0.05, 0) is 32.0 Å². The van der Waals surface area contributed by atoms with Crippen molar-refractivity contribution in [2.45, 2.75) is 26.3 Å². The van der Waals surface area contributed by atoms with E-state index < -0.39 is 11.6 Å². The molecule has 1 N–H and O–H groups in total. The fraction of sp³-hybridized carbons (Fsp3) is 0.357. The zero-order valence-electron chi connectivity index (χ0n) is 10.9. The number of hydrogen-bond acceptors (Lipinski definition) is 3. The lowest BCUT2D eigenvalue weighted by molar-refractivity contribution is 0.422. The summed E-state index contributed by atoms with van der Waals surface area (Å²) in [4.78, 5) is 4.12. The number of benzene rings is 1. The number of hydrogen-bond donors (Lipinski definition) is 1. The van der Waals surface area contributed by atoms with Gasteiger partial charge in [-0.3, -0.25) is 0 Å². The molecule has 1 atom stereocenters. The van der Waals surface area contributed by atoms with Crippen LogP contribution < -0.4 is 5.32 Å². The average molecular weight is 266 g/mol. The third kappa shape index (κ3) is 3.17. The fourth-order valence-electron chi connectivity index (χ4n) is 1.75. The van der Waals surface area contributed by atoms with E-state index in [9.17, 15) is 8.78 Å². The van der Waals surface area contributed by atoms with Gasteiger partial charge >= 0.3 is 0 Å². The highest BCUT2D eigenvalue weighted by Gasteiger charge is 2.15. The van der Waals surface area contributed by atoms with Crippen LogP contribution in [0.25, 0.3) is 11.3 Å². The minimum atomic E-state index is -0.656. The summed E-state index contributed by atoms with van der Waals surface area (Å²) in [7, 11) is 0. The minimum absolute atomic E-state index is 0.0443. The van der Waals surface area contributed by atoms with Gasteiger partial charge in [-0.2, -0.15) is 0 Å². The first kappa shape index (κ1) is 13.7. The van der Waals surface area contributed by atoms with Crippen LogP contribution in [0.1, 0.15) is 32.2 Å². The van der Waals surface area contributed by atoms with Crippen molar-refractivity contribution in [1.29, 1.82) is 0 Å². The maximum absolute atomic E-state index is 13.6. The molecule has 19 heavy (non-hydrogen) atoms. The van der Waals surface area contributed by atoms with Crippen molar-refractivity contribution in [3.63, 3.8) is 0 Å². The average Bonchev–Trinajstić information content (AvgIpc) is 2.85. The van der Waals surface area contributed by atoms with Crippen LogP contribution in [0.2, 0.25) is 0 Å². The molecule has 2 rings (SSSR count). The summed E-state index contributed by atoms with van der Waals surface area (Å²) in [5.74, 6) is -0.472. The van der Waals surface area contributed by atoms with Gasteiger partial charge < -0.3 is 9.73 Å². The van der Waals surface area contributed by atoms with E-state index in [1.54, 1.807) is 0 Å². The fourth-order valence-corrected chi connectivity index (χ4v) is 1.75. The molecule has 0 fully saturated rings. The van der Waals surface area contributed by atoms with Gasteiger partial charge in [0, 0.05) is 6.07 Å².